The number of nitrogen functional groups attached to an aromatic ring is 1. The van der Waals surface area contributed by atoms with Crippen molar-refractivity contribution in [1.82, 2.24) is 4.90 Å². The number of rotatable bonds is 5. The van der Waals surface area contributed by atoms with Gasteiger partial charge in [0.15, 0.2) is 11.5 Å². The molecule has 3 aliphatic rings. The maximum atomic E-state index is 14.4. The van der Waals surface area contributed by atoms with Crippen LogP contribution in [-0.2, 0) is 15.1 Å². The lowest BCUT2D eigenvalue weighted by molar-refractivity contribution is -0.139. The van der Waals surface area contributed by atoms with Gasteiger partial charge in [-0.15, -0.1) is 0 Å². The Morgan fingerprint density at radius 2 is 1.54 bits per heavy atom. The quantitative estimate of drug-likeness (QED) is 0.425. The Kier molecular flexibility index (Phi) is 6.69. The van der Waals surface area contributed by atoms with Crippen molar-refractivity contribution in [3.8, 4) is 28.4 Å². The summed E-state index contributed by atoms with van der Waals surface area (Å²) in [5.74, 6) is 2.30. The van der Waals surface area contributed by atoms with E-state index in [1.54, 1.807) is 0 Å². The first-order valence-electron chi connectivity index (χ1n) is 13.5. The third-order valence-corrected chi connectivity index (χ3v) is 7.94. The summed E-state index contributed by atoms with van der Waals surface area (Å²) >= 11 is 0. The fourth-order valence-electron chi connectivity index (χ4n) is 5.75. The SMILES string of the molecule is CC(C)(c1ccc(N)cc1)N(C(=O)C1=Cc2cc(-c3ccc4c(c3)OCO4)ccc2OCC1)C1CCOCC1. The molecule has 3 aromatic carbocycles. The number of hydrogen-bond acceptors (Lipinski definition) is 6. The standard InChI is InChI=1S/C32H34N2O5/c1-32(2,25-5-7-26(33)8-6-25)34(27-12-14-36-15-13-27)31(35)23-11-16-37-28-9-3-21(17-24(28)18-23)22-4-10-29-30(19-22)39-20-38-29/h3-10,17-19,27H,11-16,20,33H2,1-2H3. The van der Waals surface area contributed by atoms with Crippen LogP contribution in [0.2, 0.25) is 0 Å². The molecule has 0 aromatic heterocycles. The maximum Gasteiger partial charge on any atom is 0.250 e. The Hall–Kier alpha value is -3.97. The molecule has 202 valence electrons. The second kappa shape index (κ2) is 10.3. The van der Waals surface area contributed by atoms with Crippen LogP contribution in [0.15, 0.2) is 66.2 Å². The molecular weight excluding hydrogens is 492 g/mol. The van der Waals surface area contributed by atoms with Gasteiger partial charge in [0.25, 0.3) is 5.91 Å². The van der Waals surface area contributed by atoms with Crippen molar-refractivity contribution in [2.45, 2.75) is 44.7 Å². The van der Waals surface area contributed by atoms with Gasteiger partial charge in [-0.05, 0) is 85.9 Å². The van der Waals surface area contributed by atoms with Crippen LogP contribution >= 0.6 is 0 Å². The molecule has 39 heavy (non-hydrogen) atoms. The van der Waals surface area contributed by atoms with E-state index in [1.165, 1.54) is 0 Å². The van der Waals surface area contributed by atoms with Crippen LogP contribution in [-0.4, -0.2) is 43.5 Å². The van der Waals surface area contributed by atoms with E-state index < -0.39 is 5.54 Å². The molecule has 2 N–H and O–H groups in total. The van der Waals surface area contributed by atoms with E-state index in [0.717, 1.165) is 57.9 Å². The van der Waals surface area contributed by atoms with Crippen molar-refractivity contribution in [3.63, 3.8) is 0 Å². The molecule has 1 saturated heterocycles. The normalized spacial score (nSPS) is 17.0. The molecule has 0 spiro atoms. The minimum Gasteiger partial charge on any atom is -0.493 e. The summed E-state index contributed by atoms with van der Waals surface area (Å²) in [5, 5.41) is 0. The van der Waals surface area contributed by atoms with Gasteiger partial charge >= 0.3 is 0 Å². The monoisotopic (exact) mass is 526 g/mol. The van der Waals surface area contributed by atoms with Gasteiger partial charge in [0.1, 0.15) is 5.75 Å². The van der Waals surface area contributed by atoms with Crippen molar-refractivity contribution in [2.24, 2.45) is 0 Å². The van der Waals surface area contributed by atoms with Crippen molar-refractivity contribution >= 4 is 17.7 Å². The van der Waals surface area contributed by atoms with Gasteiger partial charge < -0.3 is 29.6 Å². The largest absolute Gasteiger partial charge is 0.493 e. The summed E-state index contributed by atoms with van der Waals surface area (Å²) in [6, 6.07) is 19.9. The van der Waals surface area contributed by atoms with Crippen LogP contribution in [0.25, 0.3) is 17.2 Å². The first-order chi connectivity index (χ1) is 18.9. The highest BCUT2D eigenvalue weighted by Crippen LogP contribution is 2.39. The Bertz CT molecular complexity index is 1410. The summed E-state index contributed by atoms with van der Waals surface area (Å²) in [6.07, 6.45) is 4.15. The molecule has 0 saturated carbocycles. The third kappa shape index (κ3) is 4.94. The molecule has 0 aliphatic carbocycles. The van der Waals surface area contributed by atoms with Crippen LogP contribution in [0.1, 0.15) is 44.2 Å². The lowest BCUT2D eigenvalue weighted by Crippen LogP contribution is -2.53. The highest BCUT2D eigenvalue weighted by Gasteiger charge is 2.39. The lowest BCUT2D eigenvalue weighted by atomic mass is 9.87. The maximum absolute atomic E-state index is 14.4. The van der Waals surface area contributed by atoms with E-state index in [9.17, 15) is 4.79 Å². The molecule has 0 radical (unpaired) electrons. The fourth-order valence-corrected chi connectivity index (χ4v) is 5.75. The van der Waals surface area contributed by atoms with Crippen molar-refractivity contribution < 1.29 is 23.7 Å². The number of fused-ring (bicyclic) bond motifs is 2. The minimum absolute atomic E-state index is 0.0358. The lowest BCUT2D eigenvalue weighted by Gasteiger charge is -2.46. The number of anilines is 1. The molecule has 0 bridgehead atoms. The molecule has 0 unspecified atom stereocenters. The second-order valence-electron chi connectivity index (χ2n) is 10.8. The van der Waals surface area contributed by atoms with Crippen molar-refractivity contribution in [2.75, 3.05) is 32.3 Å². The number of ether oxygens (including phenoxy) is 4. The highest BCUT2D eigenvalue weighted by molar-refractivity contribution is 5.99. The Balaban J connectivity index is 1.37. The van der Waals surface area contributed by atoms with E-state index >= 15 is 0 Å². The zero-order chi connectivity index (χ0) is 27.0. The molecular formula is C32H34N2O5. The molecule has 6 rings (SSSR count). The fraction of sp³-hybridized carbons (Fsp3) is 0.344. The number of hydrogen-bond donors (Lipinski definition) is 1. The molecule has 3 aliphatic heterocycles. The average molecular weight is 527 g/mol. The Morgan fingerprint density at radius 1 is 0.846 bits per heavy atom. The molecule has 1 amide bonds. The second-order valence-corrected chi connectivity index (χ2v) is 10.8. The number of benzene rings is 3. The third-order valence-electron chi connectivity index (χ3n) is 7.94. The summed E-state index contributed by atoms with van der Waals surface area (Å²) < 4.78 is 22.8. The van der Waals surface area contributed by atoms with Gasteiger partial charge in [0.05, 0.1) is 12.1 Å². The van der Waals surface area contributed by atoms with Gasteiger partial charge in [0, 0.05) is 42.5 Å². The smallest absolute Gasteiger partial charge is 0.250 e. The van der Waals surface area contributed by atoms with Crippen LogP contribution < -0.4 is 19.9 Å². The van der Waals surface area contributed by atoms with E-state index in [1.807, 2.05) is 60.7 Å². The molecule has 0 atom stereocenters. The topological polar surface area (TPSA) is 83.3 Å². The van der Waals surface area contributed by atoms with Gasteiger partial charge in [-0.25, -0.2) is 0 Å². The number of amides is 1. The first-order valence-corrected chi connectivity index (χ1v) is 13.5. The number of nitrogens with zero attached hydrogens (tertiary/aromatic N) is 1. The summed E-state index contributed by atoms with van der Waals surface area (Å²) in [7, 11) is 0. The van der Waals surface area contributed by atoms with E-state index in [-0.39, 0.29) is 18.7 Å². The molecule has 7 nitrogen and oxygen atoms in total. The number of nitrogens with two attached hydrogens (primary N) is 1. The van der Waals surface area contributed by atoms with Crippen LogP contribution in [0.4, 0.5) is 5.69 Å². The van der Waals surface area contributed by atoms with Crippen LogP contribution in [0.3, 0.4) is 0 Å². The van der Waals surface area contributed by atoms with Crippen LogP contribution in [0, 0.1) is 0 Å². The van der Waals surface area contributed by atoms with E-state index in [0.29, 0.717) is 31.9 Å². The van der Waals surface area contributed by atoms with Gasteiger partial charge in [-0.1, -0.05) is 24.3 Å². The predicted octanol–water partition coefficient (Wildman–Crippen LogP) is 5.77. The Labute approximate surface area is 229 Å². The molecule has 7 heteroatoms. The van der Waals surface area contributed by atoms with Crippen molar-refractivity contribution in [1.29, 1.82) is 0 Å². The summed E-state index contributed by atoms with van der Waals surface area (Å²) in [6.45, 7) is 6.21. The minimum atomic E-state index is -0.544. The Morgan fingerprint density at radius 3 is 2.31 bits per heavy atom. The molecule has 3 aromatic rings. The number of carbonyl (C=O) groups excluding carboxylic acids is 1. The zero-order valence-electron chi connectivity index (χ0n) is 22.4. The van der Waals surface area contributed by atoms with Crippen LogP contribution in [0.5, 0.6) is 17.2 Å². The molecule has 3 heterocycles. The van der Waals surface area contributed by atoms with Gasteiger partial charge in [-0.3, -0.25) is 4.79 Å². The summed E-state index contributed by atoms with van der Waals surface area (Å²) in [5.41, 5.74) is 10.9. The zero-order valence-corrected chi connectivity index (χ0v) is 22.4. The summed E-state index contributed by atoms with van der Waals surface area (Å²) in [4.78, 5) is 16.5. The average Bonchev–Trinajstić information content (AvgIpc) is 3.31. The highest BCUT2D eigenvalue weighted by atomic mass is 16.7. The van der Waals surface area contributed by atoms with Gasteiger partial charge in [-0.2, -0.15) is 0 Å². The van der Waals surface area contributed by atoms with Gasteiger partial charge in [0.2, 0.25) is 6.79 Å². The molecule has 1 fully saturated rings. The number of carbonyl (C=O) groups is 1. The van der Waals surface area contributed by atoms with E-state index in [4.69, 9.17) is 24.7 Å². The first kappa shape index (κ1) is 25.3. The predicted molar refractivity (Wildman–Crippen MR) is 151 cm³/mol. The van der Waals surface area contributed by atoms with E-state index in [2.05, 4.69) is 24.8 Å². The van der Waals surface area contributed by atoms with Crippen molar-refractivity contribution in [3.05, 3.63) is 77.4 Å².